The number of hydrogen-bond acceptors (Lipinski definition) is 5. The van der Waals surface area contributed by atoms with E-state index in [2.05, 4.69) is 15.5 Å². The normalized spacial score (nSPS) is 10.6. The molecule has 96 valence electrons. The molecule has 0 atom stereocenters. The Morgan fingerprint density at radius 1 is 1.22 bits per heavy atom. The van der Waals surface area contributed by atoms with E-state index in [4.69, 9.17) is 0 Å². The van der Waals surface area contributed by atoms with Crippen molar-refractivity contribution in [1.29, 1.82) is 0 Å². The summed E-state index contributed by atoms with van der Waals surface area (Å²) in [5.74, 6) is 0.130. The van der Waals surface area contributed by atoms with Gasteiger partial charge in [-0.3, -0.25) is 14.0 Å². The van der Waals surface area contributed by atoms with Crippen molar-refractivity contribution < 1.29 is 0 Å². The van der Waals surface area contributed by atoms with Crippen LogP contribution in [0.25, 0.3) is 0 Å². The number of rotatable bonds is 3. The van der Waals surface area contributed by atoms with Gasteiger partial charge in [-0.1, -0.05) is 0 Å². The fraction of sp³-hybridized carbons (Fsp3) is 0.400. The molecule has 0 aliphatic heterocycles. The first-order chi connectivity index (χ1) is 8.49. The van der Waals surface area contributed by atoms with Crippen molar-refractivity contribution in [3.05, 3.63) is 38.8 Å². The van der Waals surface area contributed by atoms with Gasteiger partial charge in [-0.2, -0.15) is 5.10 Å². The van der Waals surface area contributed by atoms with Crippen LogP contribution in [0, 0.1) is 0 Å². The second-order valence-electron chi connectivity index (χ2n) is 3.95. The number of aromatic nitrogens is 5. The predicted molar refractivity (Wildman–Crippen MR) is 65.3 cm³/mol. The van der Waals surface area contributed by atoms with Crippen molar-refractivity contribution in [2.75, 3.05) is 5.32 Å². The van der Waals surface area contributed by atoms with E-state index in [-0.39, 0.29) is 5.82 Å². The van der Waals surface area contributed by atoms with E-state index >= 15 is 0 Å². The molecule has 18 heavy (non-hydrogen) atoms. The highest BCUT2D eigenvalue weighted by Crippen LogP contribution is 1.97. The molecule has 0 fully saturated rings. The lowest BCUT2D eigenvalue weighted by Crippen LogP contribution is -2.39. The summed E-state index contributed by atoms with van der Waals surface area (Å²) in [5.41, 5.74) is -0.118. The van der Waals surface area contributed by atoms with Gasteiger partial charge in [-0.25, -0.2) is 9.48 Å². The maximum atomic E-state index is 11.8. The molecule has 0 aliphatic rings. The zero-order valence-electron chi connectivity index (χ0n) is 10.4. The lowest BCUT2D eigenvalue weighted by atomic mass is 10.4. The Kier molecular flexibility index (Phi) is 3.00. The second kappa shape index (κ2) is 4.47. The molecule has 8 nitrogen and oxygen atoms in total. The highest BCUT2D eigenvalue weighted by molar-refractivity contribution is 5.30. The molecule has 0 bridgehead atoms. The SMILES string of the molecule is Cn1ccc(CNc2nn(C)c(=O)n(C)c2=O)n1. The van der Waals surface area contributed by atoms with Crippen molar-refractivity contribution in [3.63, 3.8) is 0 Å². The lowest BCUT2D eigenvalue weighted by molar-refractivity contribution is 0.604. The number of nitrogens with zero attached hydrogens (tertiary/aromatic N) is 5. The number of anilines is 1. The molecule has 2 aromatic rings. The summed E-state index contributed by atoms with van der Waals surface area (Å²) in [6.07, 6.45) is 1.81. The van der Waals surface area contributed by atoms with Gasteiger partial charge in [-0.05, 0) is 6.07 Å². The molecule has 8 heteroatoms. The summed E-state index contributed by atoms with van der Waals surface area (Å²) in [4.78, 5) is 23.2. The van der Waals surface area contributed by atoms with E-state index in [9.17, 15) is 9.59 Å². The van der Waals surface area contributed by atoms with Crippen molar-refractivity contribution in [3.8, 4) is 0 Å². The van der Waals surface area contributed by atoms with E-state index < -0.39 is 11.2 Å². The monoisotopic (exact) mass is 250 g/mol. The van der Waals surface area contributed by atoms with Gasteiger partial charge in [0.2, 0.25) is 5.82 Å². The smallest absolute Gasteiger partial charge is 0.346 e. The maximum Gasteiger partial charge on any atom is 0.346 e. The van der Waals surface area contributed by atoms with Crippen LogP contribution in [0.3, 0.4) is 0 Å². The topological polar surface area (TPSA) is 86.7 Å². The quantitative estimate of drug-likeness (QED) is 0.741. The molecule has 2 aromatic heterocycles. The van der Waals surface area contributed by atoms with Gasteiger partial charge in [0.1, 0.15) is 0 Å². The van der Waals surface area contributed by atoms with Crippen LogP contribution in [0.15, 0.2) is 21.9 Å². The fourth-order valence-electron chi connectivity index (χ4n) is 1.54. The van der Waals surface area contributed by atoms with E-state index in [1.54, 1.807) is 4.68 Å². The van der Waals surface area contributed by atoms with Gasteiger partial charge in [0.05, 0.1) is 12.2 Å². The summed E-state index contributed by atoms with van der Waals surface area (Å²) in [6.45, 7) is 0.376. The molecule has 0 amide bonds. The molecule has 2 heterocycles. The standard InChI is InChI=1S/C10H14N6O2/c1-14-5-4-7(12-14)6-11-8-9(17)15(2)10(18)16(3)13-8/h4-5H,6H2,1-3H3,(H,11,13). The van der Waals surface area contributed by atoms with Crippen LogP contribution in [-0.2, 0) is 27.7 Å². The predicted octanol–water partition coefficient (Wildman–Crippen LogP) is -1.18. The minimum atomic E-state index is -0.455. The van der Waals surface area contributed by atoms with Crippen LogP contribution in [0.5, 0.6) is 0 Å². The van der Waals surface area contributed by atoms with Gasteiger partial charge in [0.25, 0.3) is 5.56 Å². The number of aryl methyl sites for hydroxylation is 2. The van der Waals surface area contributed by atoms with Gasteiger partial charge in [0.15, 0.2) is 0 Å². The Morgan fingerprint density at radius 2 is 1.94 bits per heavy atom. The van der Waals surface area contributed by atoms with Crippen LogP contribution in [0.2, 0.25) is 0 Å². The van der Waals surface area contributed by atoms with Gasteiger partial charge in [-0.15, -0.1) is 5.10 Å². The summed E-state index contributed by atoms with van der Waals surface area (Å²) >= 11 is 0. The van der Waals surface area contributed by atoms with Gasteiger partial charge < -0.3 is 5.32 Å². The van der Waals surface area contributed by atoms with E-state index in [1.807, 2.05) is 19.3 Å². The third-order valence-electron chi connectivity index (χ3n) is 2.53. The molecule has 0 aliphatic carbocycles. The summed E-state index contributed by atoms with van der Waals surface area (Å²) in [7, 11) is 4.72. The lowest BCUT2D eigenvalue weighted by Gasteiger charge is -2.06. The third-order valence-corrected chi connectivity index (χ3v) is 2.53. The van der Waals surface area contributed by atoms with Crippen LogP contribution >= 0.6 is 0 Å². The first-order valence-corrected chi connectivity index (χ1v) is 5.36. The van der Waals surface area contributed by atoms with E-state index in [1.165, 1.54) is 14.1 Å². The number of hydrogen-bond donors (Lipinski definition) is 1. The zero-order valence-corrected chi connectivity index (χ0v) is 10.4. The Morgan fingerprint density at radius 3 is 2.56 bits per heavy atom. The molecule has 0 spiro atoms. The van der Waals surface area contributed by atoms with Crippen molar-refractivity contribution in [2.24, 2.45) is 21.1 Å². The molecule has 0 saturated heterocycles. The first-order valence-electron chi connectivity index (χ1n) is 5.36. The highest BCUT2D eigenvalue weighted by atomic mass is 16.2. The first kappa shape index (κ1) is 12.1. The Balaban J connectivity index is 2.25. The number of nitrogens with one attached hydrogen (secondary N) is 1. The molecule has 0 radical (unpaired) electrons. The van der Waals surface area contributed by atoms with Crippen molar-refractivity contribution >= 4 is 5.82 Å². The van der Waals surface area contributed by atoms with Crippen LogP contribution < -0.4 is 16.6 Å². The van der Waals surface area contributed by atoms with Gasteiger partial charge >= 0.3 is 5.69 Å². The third kappa shape index (κ3) is 2.17. The molecule has 0 saturated carbocycles. The highest BCUT2D eigenvalue weighted by Gasteiger charge is 2.08. The molecular formula is C10H14N6O2. The van der Waals surface area contributed by atoms with Gasteiger partial charge in [0, 0.05) is 27.3 Å². The Hall–Kier alpha value is -2.38. The largest absolute Gasteiger partial charge is 0.358 e. The molecule has 2 rings (SSSR count). The summed E-state index contributed by atoms with van der Waals surface area (Å²) in [5, 5.41) is 10.9. The van der Waals surface area contributed by atoms with Crippen LogP contribution in [-0.4, -0.2) is 24.1 Å². The summed E-state index contributed by atoms with van der Waals surface area (Å²) < 4.78 is 3.79. The van der Waals surface area contributed by atoms with Crippen molar-refractivity contribution in [1.82, 2.24) is 24.1 Å². The Labute approximate surface area is 102 Å². The van der Waals surface area contributed by atoms with Crippen LogP contribution in [0.1, 0.15) is 5.69 Å². The molecule has 0 unspecified atom stereocenters. The molecule has 1 N–H and O–H groups in total. The average Bonchev–Trinajstić information content (AvgIpc) is 2.75. The van der Waals surface area contributed by atoms with Crippen LogP contribution in [0.4, 0.5) is 5.82 Å². The second-order valence-corrected chi connectivity index (χ2v) is 3.95. The fourth-order valence-corrected chi connectivity index (χ4v) is 1.54. The zero-order chi connectivity index (χ0) is 13.3. The minimum absolute atomic E-state index is 0.130. The van der Waals surface area contributed by atoms with Crippen molar-refractivity contribution in [2.45, 2.75) is 6.54 Å². The maximum absolute atomic E-state index is 11.8. The van der Waals surface area contributed by atoms with E-state index in [0.717, 1.165) is 14.9 Å². The minimum Gasteiger partial charge on any atom is -0.358 e. The Bertz CT molecular complexity index is 680. The van der Waals surface area contributed by atoms with E-state index in [0.29, 0.717) is 6.54 Å². The molecular weight excluding hydrogens is 236 g/mol. The summed E-state index contributed by atoms with van der Waals surface area (Å²) in [6, 6.07) is 1.83. The average molecular weight is 250 g/mol. The molecule has 0 aromatic carbocycles.